The van der Waals surface area contributed by atoms with Gasteiger partial charge in [0.25, 0.3) is 0 Å². The molecule has 0 saturated heterocycles. The molecule has 10 heteroatoms. The maximum Gasteiger partial charge on any atom is 0.339 e. The monoisotopic (exact) mass is 485 g/mol. The number of carbonyl (C=O) groups is 2. The van der Waals surface area contributed by atoms with E-state index in [9.17, 15) is 14.7 Å². The predicted molar refractivity (Wildman–Crippen MR) is 133 cm³/mol. The van der Waals surface area contributed by atoms with Crippen LogP contribution in [0.25, 0.3) is 5.65 Å². The van der Waals surface area contributed by atoms with E-state index in [1.54, 1.807) is 22.9 Å². The number of carbonyl (C=O) groups excluding carboxylic acids is 1. The van der Waals surface area contributed by atoms with E-state index >= 15 is 0 Å². The number of nitrogens with zero attached hydrogens (tertiary/aromatic N) is 5. The van der Waals surface area contributed by atoms with Crippen molar-refractivity contribution >= 4 is 23.2 Å². The molecular weight excluding hydrogens is 458 g/mol. The molecule has 1 saturated carbocycles. The van der Waals surface area contributed by atoms with Crippen LogP contribution in [0.15, 0.2) is 36.8 Å². The zero-order chi connectivity index (χ0) is 25.6. The highest BCUT2D eigenvalue weighted by molar-refractivity contribution is 5.96. The van der Waals surface area contributed by atoms with Crippen LogP contribution < -0.4 is 5.73 Å². The Balaban J connectivity index is 1.29. The van der Waals surface area contributed by atoms with Gasteiger partial charge in [-0.25, -0.2) is 14.5 Å². The van der Waals surface area contributed by atoms with Gasteiger partial charge in [-0.3, -0.25) is 10.2 Å². The van der Waals surface area contributed by atoms with Crippen LogP contribution in [0.1, 0.15) is 79.5 Å². The summed E-state index contributed by atoms with van der Waals surface area (Å²) >= 11 is 0. The number of Topliss-reactive ketones (excluding diaryl/α,β-unsaturated/α-hetero) is 1. The highest BCUT2D eigenvalue weighted by atomic mass is 16.4. The molecule has 184 valence electrons. The van der Waals surface area contributed by atoms with Gasteiger partial charge in [0, 0.05) is 24.4 Å². The van der Waals surface area contributed by atoms with Crippen molar-refractivity contribution in [2.45, 2.75) is 52.0 Å². The van der Waals surface area contributed by atoms with Crippen molar-refractivity contribution in [3.63, 3.8) is 0 Å². The quantitative estimate of drug-likeness (QED) is 0.187. The van der Waals surface area contributed by atoms with E-state index < -0.39 is 5.97 Å². The number of carboxylic acids is 1. The number of aromatic nitrogens is 5. The number of amidine groups is 1. The number of nitrogens with two attached hydrogens (primary N) is 1. The SMILES string of the molecule is Cc1cc(C(=N)N)cc(C)c1CCC(=O)c1cn(Cc2cn3cc(C4CC4)cc(C(=O)O)c3n2)nn1. The molecule has 0 bridgehead atoms. The molecule has 1 fully saturated rings. The van der Waals surface area contributed by atoms with Gasteiger partial charge in [0.05, 0.1) is 18.4 Å². The average Bonchev–Trinajstić information content (AvgIpc) is 3.43. The lowest BCUT2D eigenvalue weighted by atomic mass is 9.94. The lowest BCUT2D eigenvalue weighted by Gasteiger charge is -2.11. The van der Waals surface area contributed by atoms with E-state index in [1.165, 1.54) is 4.68 Å². The Bertz CT molecular complexity index is 1500. The minimum atomic E-state index is -1.00. The minimum absolute atomic E-state index is 0.0218. The first-order chi connectivity index (χ1) is 17.2. The molecule has 10 nitrogen and oxygen atoms in total. The minimum Gasteiger partial charge on any atom is -0.478 e. The molecule has 3 aromatic heterocycles. The van der Waals surface area contributed by atoms with E-state index in [1.807, 2.05) is 32.2 Å². The van der Waals surface area contributed by atoms with Crippen LogP contribution >= 0.6 is 0 Å². The number of rotatable bonds is 9. The second-order valence-electron chi connectivity index (χ2n) is 9.46. The number of aryl methyl sites for hydroxylation is 2. The van der Waals surface area contributed by atoms with Gasteiger partial charge in [-0.2, -0.15) is 0 Å². The number of nitrogen functional groups attached to an aromatic ring is 1. The van der Waals surface area contributed by atoms with Crippen LogP contribution in [0, 0.1) is 19.3 Å². The molecule has 36 heavy (non-hydrogen) atoms. The van der Waals surface area contributed by atoms with Crippen molar-refractivity contribution in [3.05, 3.63) is 81.6 Å². The number of pyridine rings is 1. The summed E-state index contributed by atoms with van der Waals surface area (Å²) in [7, 11) is 0. The number of benzene rings is 1. The number of ketones is 1. The fourth-order valence-electron chi connectivity index (χ4n) is 4.62. The Morgan fingerprint density at radius 1 is 1.14 bits per heavy atom. The molecular formula is C26H27N7O3. The van der Waals surface area contributed by atoms with E-state index in [4.69, 9.17) is 11.1 Å². The van der Waals surface area contributed by atoms with E-state index in [2.05, 4.69) is 15.3 Å². The number of carboxylic acid groups (broad SMARTS) is 1. The van der Waals surface area contributed by atoms with Crippen LogP contribution in [0.4, 0.5) is 0 Å². The first-order valence-electron chi connectivity index (χ1n) is 11.8. The highest BCUT2D eigenvalue weighted by Gasteiger charge is 2.26. The van der Waals surface area contributed by atoms with Crippen molar-refractivity contribution in [2.24, 2.45) is 5.73 Å². The Labute approximate surface area is 207 Å². The molecule has 0 aliphatic heterocycles. The molecule has 0 amide bonds. The molecule has 3 heterocycles. The van der Waals surface area contributed by atoms with E-state index in [0.717, 1.165) is 35.1 Å². The molecule has 1 aromatic carbocycles. The molecule has 1 aliphatic rings. The molecule has 0 radical (unpaired) electrons. The zero-order valence-electron chi connectivity index (χ0n) is 20.2. The molecule has 1 aliphatic carbocycles. The number of hydrogen-bond donors (Lipinski definition) is 3. The molecule has 0 atom stereocenters. The second kappa shape index (κ2) is 9.03. The maximum atomic E-state index is 12.8. The maximum absolute atomic E-state index is 12.8. The first kappa shape index (κ1) is 23.4. The van der Waals surface area contributed by atoms with Gasteiger partial charge >= 0.3 is 5.97 Å². The molecule has 4 N–H and O–H groups in total. The molecule has 5 rings (SSSR count). The largest absolute Gasteiger partial charge is 0.478 e. The third-order valence-corrected chi connectivity index (χ3v) is 6.66. The fourth-order valence-corrected chi connectivity index (χ4v) is 4.62. The summed E-state index contributed by atoms with van der Waals surface area (Å²) < 4.78 is 3.30. The summed E-state index contributed by atoms with van der Waals surface area (Å²) in [5.74, 6) is -0.682. The zero-order valence-corrected chi connectivity index (χ0v) is 20.2. The Morgan fingerprint density at radius 3 is 2.50 bits per heavy atom. The van der Waals surface area contributed by atoms with Crippen molar-refractivity contribution in [3.8, 4) is 0 Å². The van der Waals surface area contributed by atoms with Gasteiger partial charge in [-0.15, -0.1) is 5.10 Å². The van der Waals surface area contributed by atoms with Crippen LogP contribution in [0.2, 0.25) is 0 Å². The van der Waals surface area contributed by atoms with Gasteiger partial charge in [0.15, 0.2) is 11.4 Å². The lowest BCUT2D eigenvalue weighted by molar-refractivity contribution is 0.0698. The van der Waals surface area contributed by atoms with Gasteiger partial charge in [-0.05, 0) is 79.5 Å². The topological polar surface area (TPSA) is 152 Å². The van der Waals surface area contributed by atoms with Crippen molar-refractivity contribution in [1.82, 2.24) is 24.4 Å². The van der Waals surface area contributed by atoms with Crippen molar-refractivity contribution < 1.29 is 14.7 Å². The number of imidazole rings is 1. The van der Waals surface area contributed by atoms with Crippen LogP contribution in [0.3, 0.4) is 0 Å². The summed E-state index contributed by atoms with van der Waals surface area (Å²) in [6, 6.07) is 5.45. The standard InChI is InChI=1S/C26H27N7O3/c1-14-7-17(24(27)28)8-15(2)20(14)5-6-23(34)22-13-33(31-30-22)12-19-11-32-10-18(16-3-4-16)9-21(26(35)36)25(32)29-19/h7-11,13,16H,3-6,12H2,1-2H3,(H3,27,28)(H,35,36). The normalized spacial score (nSPS) is 13.3. The van der Waals surface area contributed by atoms with Gasteiger partial charge in [-0.1, -0.05) is 5.21 Å². The number of hydrogen-bond acceptors (Lipinski definition) is 6. The number of nitrogens with one attached hydrogen (secondary N) is 1. The van der Waals surface area contributed by atoms with Gasteiger partial charge < -0.3 is 15.2 Å². The second-order valence-corrected chi connectivity index (χ2v) is 9.46. The Kier molecular flexibility index (Phi) is 5.87. The smallest absolute Gasteiger partial charge is 0.339 e. The Morgan fingerprint density at radius 2 is 1.86 bits per heavy atom. The number of aromatic carboxylic acids is 1. The van der Waals surface area contributed by atoms with Crippen LogP contribution in [-0.4, -0.2) is 47.1 Å². The van der Waals surface area contributed by atoms with Crippen LogP contribution in [0.5, 0.6) is 0 Å². The fraction of sp³-hybridized carbons (Fsp3) is 0.308. The highest BCUT2D eigenvalue weighted by Crippen LogP contribution is 2.40. The van der Waals surface area contributed by atoms with Crippen molar-refractivity contribution in [1.29, 1.82) is 5.41 Å². The van der Waals surface area contributed by atoms with Gasteiger partial charge in [0.2, 0.25) is 0 Å². The van der Waals surface area contributed by atoms with Crippen LogP contribution in [-0.2, 0) is 13.0 Å². The third kappa shape index (κ3) is 4.61. The molecule has 0 spiro atoms. The Hall–Kier alpha value is -4.34. The predicted octanol–water partition coefficient (Wildman–Crippen LogP) is 3.27. The molecule has 0 unspecified atom stereocenters. The summed E-state index contributed by atoms with van der Waals surface area (Å²) in [5, 5.41) is 25.4. The van der Waals surface area contributed by atoms with Crippen molar-refractivity contribution in [2.75, 3.05) is 0 Å². The summed E-state index contributed by atoms with van der Waals surface area (Å²) in [6.45, 7) is 4.17. The summed E-state index contributed by atoms with van der Waals surface area (Å²) in [6.07, 6.45) is 8.32. The van der Waals surface area contributed by atoms with E-state index in [0.29, 0.717) is 29.2 Å². The lowest BCUT2D eigenvalue weighted by Crippen LogP contribution is -2.12. The third-order valence-electron chi connectivity index (χ3n) is 6.66. The summed E-state index contributed by atoms with van der Waals surface area (Å²) in [5.41, 5.74) is 11.8. The van der Waals surface area contributed by atoms with E-state index in [-0.39, 0.29) is 35.8 Å². The van der Waals surface area contributed by atoms with Gasteiger partial charge in [0.1, 0.15) is 17.1 Å². The first-order valence-corrected chi connectivity index (χ1v) is 11.8. The average molecular weight is 486 g/mol. The number of fused-ring (bicyclic) bond motifs is 1. The summed E-state index contributed by atoms with van der Waals surface area (Å²) in [4.78, 5) is 29.1. The molecule has 4 aromatic rings.